The fraction of sp³-hybridized carbons (Fsp3) is 0.294. The smallest absolute Gasteiger partial charge is 0.257 e. The molecule has 7 heteroatoms. The topological polar surface area (TPSA) is 63.4 Å². The fourth-order valence-electron chi connectivity index (χ4n) is 3.11. The minimum absolute atomic E-state index is 0.0502. The van der Waals surface area contributed by atoms with Crippen molar-refractivity contribution in [3.8, 4) is 11.3 Å². The molecule has 1 aliphatic heterocycles. The maximum absolute atomic E-state index is 12.8. The van der Waals surface area contributed by atoms with Gasteiger partial charge in [-0.15, -0.1) is 0 Å². The largest absolute Gasteiger partial charge is 0.339 e. The molecule has 0 N–H and O–H groups in total. The summed E-state index contributed by atoms with van der Waals surface area (Å²) in [6.45, 7) is 1.64. The quantitative estimate of drug-likeness (QED) is 0.672. The van der Waals surface area contributed by atoms with Crippen molar-refractivity contribution in [2.75, 3.05) is 13.1 Å². The zero-order valence-electron chi connectivity index (χ0n) is 13.0. The third-order valence-electron chi connectivity index (χ3n) is 4.33. The second-order valence-corrected chi connectivity index (χ2v) is 6.20. The molecule has 0 aromatic carbocycles. The highest BCUT2D eigenvalue weighted by molar-refractivity contribution is 6.28. The zero-order valence-corrected chi connectivity index (χ0v) is 13.8. The number of pyridine rings is 1. The molecule has 1 aliphatic rings. The van der Waals surface area contributed by atoms with E-state index < -0.39 is 0 Å². The van der Waals surface area contributed by atoms with Crippen LogP contribution in [-0.2, 0) is 0 Å². The van der Waals surface area contributed by atoms with E-state index in [9.17, 15) is 4.79 Å². The number of fused-ring (bicyclic) bond motifs is 1. The Hall–Kier alpha value is -2.47. The number of nitrogens with zero attached hydrogens (tertiary/aromatic N) is 5. The SMILES string of the molecule is O=C(c1cnn2c(-c3cnc(Cl)nc3)cccc12)N1CCCCC1. The maximum atomic E-state index is 12.8. The number of rotatable bonds is 2. The first-order valence-corrected chi connectivity index (χ1v) is 8.36. The summed E-state index contributed by atoms with van der Waals surface area (Å²) in [5, 5.41) is 4.62. The van der Waals surface area contributed by atoms with E-state index >= 15 is 0 Å². The normalized spacial score (nSPS) is 15.0. The molecule has 3 aromatic heterocycles. The third kappa shape index (κ3) is 2.63. The lowest BCUT2D eigenvalue weighted by atomic mass is 10.1. The molecule has 1 saturated heterocycles. The minimum Gasteiger partial charge on any atom is -0.339 e. The molecule has 1 fully saturated rings. The van der Waals surface area contributed by atoms with Crippen LogP contribution in [-0.4, -0.2) is 43.5 Å². The van der Waals surface area contributed by atoms with Gasteiger partial charge in [0.15, 0.2) is 0 Å². The van der Waals surface area contributed by atoms with Crippen LogP contribution in [0, 0.1) is 0 Å². The lowest BCUT2D eigenvalue weighted by Crippen LogP contribution is -2.35. The summed E-state index contributed by atoms with van der Waals surface area (Å²) in [6, 6.07) is 5.74. The number of hydrogen-bond acceptors (Lipinski definition) is 4. The van der Waals surface area contributed by atoms with E-state index in [1.54, 1.807) is 23.1 Å². The van der Waals surface area contributed by atoms with Crippen LogP contribution in [0.25, 0.3) is 16.8 Å². The van der Waals surface area contributed by atoms with Gasteiger partial charge in [0.2, 0.25) is 5.28 Å². The molecule has 4 rings (SSSR count). The maximum Gasteiger partial charge on any atom is 0.257 e. The van der Waals surface area contributed by atoms with E-state index in [4.69, 9.17) is 11.6 Å². The Morgan fingerprint density at radius 3 is 2.54 bits per heavy atom. The third-order valence-corrected chi connectivity index (χ3v) is 4.53. The van der Waals surface area contributed by atoms with E-state index in [2.05, 4.69) is 15.1 Å². The molecular formula is C17H16ClN5O. The predicted molar refractivity (Wildman–Crippen MR) is 91.0 cm³/mol. The molecular weight excluding hydrogens is 326 g/mol. The Bertz CT molecular complexity index is 884. The van der Waals surface area contributed by atoms with Crippen molar-refractivity contribution in [2.24, 2.45) is 0 Å². The first-order valence-electron chi connectivity index (χ1n) is 7.98. The second kappa shape index (κ2) is 6.20. The van der Waals surface area contributed by atoms with Crippen molar-refractivity contribution in [3.63, 3.8) is 0 Å². The molecule has 6 nitrogen and oxygen atoms in total. The van der Waals surface area contributed by atoms with Gasteiger partial charge in [0.1, 0.15) is 0 Å². The molecule has 0 bridgehead atoms. The summed E-state index contributed by atoms with van der Waals surface area (Å²) in [6.07, 6.45) is 8.28. The number of aromatic nitrogens is 4. The van der Waals surface area contributed by atoms with Crippen LogP contribution in [0.2, 0.25) is 5.28 Å². The molecule has 3 aromatic rings. The summed E-state index contributed by atoms with van der Waals surface area (Å²) in [5.74, 6) is 0.0502. The molecule has 0 spiro atoms. The molecule has 0 atom stereocenters. The monoisotopic (exact) mass is 341 g/mol. The fourth-order valence-corrected chi connectivity index (χ4v) is 3.20. The molecule has 0 saturated carbocycles. The van der Waals surface area contributed by atoms with Gasteiger partial charge in [0, 0.05) is 31.0 Å². The van der Waals surface area contributed by atoms with Crippen molar-refractivity contribution in [1.29, 1.82) is 0 Å². The number of carbonyl (C=O) groups is 1. The van der Waals surface area contributed by atoms with Gasteiger partial charge in [0.05, 0.1) is 23.0 Å². The highest BCUT2D eigenvalue weighted by Gasteiger charge is 2.22. The Kier molecular flexibility index (Phi) is 3.90. The van der Waals surface area contributed by atoms with E-state index in [-0.39, 0.29) is 11.2 Å². The van der Waals surface area contributed by atoms with Gasteiger partial charge in [-0.05, 0) is 43.0 Å². The van der Waals surface area contributed by atoms with Crippen LogP contribution in [0.1, 0.15) is 29.6 Å². The molecule has 1 amide bonds. The van der Waals surface area contributed by atoms with Crippen molar-refractivity contribution < 1.29 is 4.79 Å². The van der Waals surface area contributed by atoms with Crippen LogP contribution in [0.4, 0.5) is 0 Å². The first-order chi connectivity index (χ1) is 11.7. The summed E-state index contributed by atoms with van der Waals surface area (Å²) in [7, 11) is 0. The number of piperidine rings is 1. The Labute approximate surface area is 144 Å². The lowest BCUT2D eigenvalue weighted by molar-refractivity contribution is 0.0726. The summed E-state index contributed by atoms with van der Waals surface area (Å²) >= 11 is 5.75. The van der Waals surface area contributed by atoms with Gasteiger partial charge >= 0.3 is 0 Å². The van der Waals surface area contributed by atoms with Crippen molar-refractivity contribution >= 4 is 23.0 Å². The molecule has 0 radical (unpaired) electrons. The zero-order chi connectivity index (χ0) is 16.5. The van der Waals surface area contributed by atoms with E-state index in [0.29, 0.717) is 5.56 Å². The number of hydrogen-bond donors (Lipinski definition) is 0. The highest BCUT2D eigenvalue weighted by Crippen LogP contribution is 2.23. The summed E-state index contributed by atoms with van der Waals surface area (Å²) in [5.41, 5.74) is 3.04. The van der Waals surface area contributed by atoms with E-state index in [1.165, 1.54) is 6.42 Å². The molecule has 0 unspecified atom stereocenters. The van der Waals surface area contributed by atoms with Crippen molar-refractivity contribution in [3.05, 3.63) is 47.6 Å². The molecule has 0 aliphatic carbocycles. The average molecular weight is 342 g/mol. The highest BCUT2D eigenvalue weighted by atomic mass is 35.5. The number of carbonyl (C=O) groups excluding carboxylic acids is 1. The van der Waals surface area contributed by atoms with Gasteiger partial charge in [-0.3, -0.25) is 4.79 Å². The van der Waals surface area contributed by atoms with Crippen LogP contribution >= 0.6 is 11.6 Å². The first kappa shape index (κ1) is 15.1. The minimum atomic E-state index is 0.0502. The van der Waals surface area contributed by atoms with Crippen LogP contribution in [0.3, 0.4) is 0 Å². The van der Waals surface area contributed by atoms with Crippen LogP contribution in [0.15, 0.2) is 36.8 Å². The van der Waals surface area contributed by atoms with Gasteiger partial charge in [-0.2, -0.15) is 5.10 Å². The Morgan fingerprint density at radius 2 is 1.79 bits per heavy atom. The van der Waals surface area contributed by atoms with Gasteiger partial charge in [-0.1, -0.05) is 6.07 Å². The number of halogens is 1. The molecule has 122 valence electrons. The average Bonchev–Trinajstić information content (AvgIpc) is 3.07. The molecule has 24 heavy (non-hydrogen) atoms. The molecule has 4 heterocycles. The van der Waals surface area contributed by atoms with Crippen molar-refractivity contribution in [2.45, 2.75) is 19.3 Å². The predicted octanol–water partition coefficient (Wildman–Crippen LogP) is 3.07. The van der Waals surface area contributed by atoms with Crippen LogP contribution < -0.4 is 0 Å². The Morgan fingerprint density at radius 1 is 1.04 bits per heavy atom. The van der Waals surface area contributed by atoms with Gasteiger partial charge < -0.3 is 4.90 Å². The summed E-state index contributed by atoms with van der Waals surface area (Å²) < 4.78 is 1.75. The lowest BCUT2D eigenvalue weighted by Gasteiger charge is -2.26. The van der Waals surface area contributed by atoms with Crippen LogP contribution in [0.5, 0.6) is 0 Å². The van der Waals surface area contributed by atoms with E-state index in [0.717, 1.165) is 42.7 Å². The van der Waals surface area contributed by atoms with Gasteiger partial charge in [-0.25, -0.2) is 14.5 Å². The van der Waals surface area contributed by atoms with E-state index in [1.807, 2.05) is 23.1 Å². The van der Waals surface area contributed by atoms with Gasteiger partial charge in [0.25, 0.3) is 5.91 Å². The van der Waals surface area contributed by atoms with Crippen molar-refractivity contribution in [1.82, 2.24) is 24.5 Å². The second-order valence-electron chi connectivity index (χ2n) is 5.86. The summed E-state index contributed by atoms with van der Waals surface area (Å²) in [4.78, 5) is 22.7. The number of amides is 1. The Balaban J connectivity index is 1.76. The number of likely N-dealkylation sites (tertiary alicyclic amines) is 1. The standard InChI is InChI=1S/C17H16ClN5O/c18-17-19-9-12(10-20-17)14-5-4-6-15-13(11-21-23(14)15)16(24)22-7-2-1-3-8-22/h4-6,9-11H,1-3,7-8H2.